The summed E-state index contributed by atoms with van der Waals surface area (Å²) in [5.41, 5.74) is 3.91. The zero-order valence-corrected chi connectivity index (χ0v) is 13.0. The van der Waals surface area contributed by atoms with Crippen molar-refractivity contribution in [3.8, 4) is 0 Å². The average molecular weight is 274 g/mol. The number of hydrogen-bond acceptors (Lipinski definition) is 3. The SMILES string of the molecule is CCc1ccc(CNC(C)c2nc(C)sc2C)cc1. The molecule has 0 aliphatic carbocycles. The van der Waals surface area contributed by atoms with E-state index < -0.39 is 0 Å². The van der Waals surface area contributed by atoms with Crippen molar-refractivity contribution in [3.05, 3.63) is 51.0 Å². The van der Waals surface area contributed by atoms with E-state index in [0.29, 0.717) is 6.04 Å². The predicted octanol–water partition coefficient (Wildman–Crippen LogP) is 4.17. The van der Waals surface area contributed by atoms with Gasteiger partial charge in [0, 0.05) is 17.5 Å². The van der Waals surface area contributed by atoms with E-state index in [4.69, 9.17) is 0 Å². The summed E-state index contributed by atoms with van der Waals surface area (Å²) in [4.78, 5) is 5.92. The highest BCUT2D eigenvalue weighted by molar-refractivity contribution is 7.11. The quantitative estimate of drug-likeness (QED) is 0.885. The molecule has 2 aromatic rings. The van der Waals surface area contributed by atoms with Crippen LogP contribution in [0.2, 0.25) is 0 Å². The van der Waals surface area contributed by atoms with E-state index in [1.54, 1.807) is 11.3 Å². The van der Waals surface area contributed by atoms with E-state index in [-0.39, 0.29) is 0 Å². The van der Waals surface area contributed by atoms with Gasteiger partial charge in [-0.2, -0.15) is 0 Å². The third-order valence-electron chi connectivity index (χ3n) is 3.39. The molecule has 0 amide bonds. The average Bonchev–Trinajstić information content (AvgIpc) is 2.75. The summed E-state index contributed by atoms with van der Waals surface area (Å²) in [7, 11) is 0. The Morgan fingerprint density at radius 3 is 2.32 bits per heavy atom. The van der Waals surface area contributed by atoms with Crippen molar-refractivity contribution < 1.29 is 0 Å². The van der Waals surface area contributed by atoms with Crippen LogP contribution in [0.25, 0.3) is 0 Å². The largest absolute Gasteiger partial charge is 0.305 e. The van der Waals surface area contributed by atoms with Crippen LogP contribution in [0.15, 0.2) is 24.3 Å². The standard InChI is InChI=1S/C16H22N2S/c1-5-14-6-8-15(9-7-14)10-17-11(2)16-12(3)19-13(4)18-16/h6-9,11,17H,5,10H2,1-4H3. The number of thiazole rings is 1. The van der Waals surface area contributed by atoms with Gasteiger partial charge in [-0.1, -0.05) is 31.2 Å². The van der Waals surface area contributed by atoms with Gasteiger partial charge in [0.2, 0.25) is 0 Å². The van der Waals surface area contributed by atoms with Crippen LogP contribution in [0.1, 0.15) is 46.6 Å². The number of hydrogen-bond donors (Lipinski definition) is 1. The molecule has 0 aliphatic heterocycles. The van der Waals surface area contributed by atoms with Crippen molar-refractivity contribution in [2.75, 3.05) is 0 Å². The highest BCUT2D eigenvalue weighted by atomic mass is 32.1. The monoisotopic (exact) mass is 274 g/mol. The molecule has 0 fully saturated rings. The van der Waals surface area contributed by atoms with E-state index in [1.165, 1.54) is 21.7 Å². The van der Waals surface area contributed by atoms with Crippen molar-refractivity contribution in [1.82, 2.24) is 10.3 Å². The highest BCUT2D eigenvalue weighted by Crippen LogP contribution is 2.22. The first-order valence-corrected chi connectivity index (χ1v) is 7.67. The lowest BCUT2D eigenvalue weighted by atomic mass is 10.1. The molecule has 2 rings (SSSR count). The number of nitrogens with zero attached hydrogens (tertiary/aromatic N) is 1. The lowest BCUT2D eigenvalue weighted by Crippen LogP contribution is -2.19. The van der Waals surface area contributed by atoms with Crippen molar-refractivity contribution >= 4 is 11.3 Å². The van der Waals surface area contributed by atoms with Crippen LogP contribution < -0.4 is 5.32 Å². The summed E-state index contributed by atoms with van der Waals surface area (Å²) in [6.45, 7) is 9.47. The molecule has 0 saturated carbocycles. The topological polar surface area (TPSA) is 24.9 Å². The van der Waals surface area contributed by atoms with Crippen molar-refractivity contribution in [2.45, 2.75) is 46.7 Å². The van der Waals surface area contributed by atoms with Crippen LogP contribution in [-0.2, 0) is 13.0 Å². The Bertz CT molecular complexity index is 528. The van der Waals surface area contributed by atoms with E-state index in [1.807, 2.05) is 0 Å². The Labute approximate surface area is 119 Å². The van der Waals surface area contributed by atoms with Gasteiger partial charge in [0.05, 0.1) is 10.7 Å². The number of aromatic nitrogens is 1. The molecule has 1 unspecified atom stereocenters. The Morgan fingerprint density at radius 1 is 1.16 bits per heavy atom. The zero-order chi connectivity index (χ0) is 13.8. The smallest absolute Gasteiger partial charge is 0.0900 e. The molecule has 19 heavy (non-hydrogen) atoms. The van der Waals surface area contributed by atoms with Gasteiger partial charge in [0.25, 0.3) is 0 Å². The Morgan fingerprint density at radius 2 is 1.79 bits per heavy atom. The predicted molar refractivity (Wildman–Crippen MR) is 82.7 cm³/mol. The lowest BCUT2D eigenvalue weighted by molar-refractivity contribution is 0.561. The summed E-state index contributed by atoms with van der Waals surface area (Å²) in [5, 5.41) is 4.70. The molecular formula is C16H22N2S. The van der Waals surface area contributed by atoms with Gasteiger partial charge < -0.3 is 5.32 Å². The molecule has 0 aliphatic rings. The second kappa shape index (κ2) is 6.31. The number of aryl methyl sites for hydroxylation is 3. The second-order valence-corrected chi connectivity index (χ2v) is 6.35. The van der Waals surface area contributed by atoms with Gasteiger partial charge in [-0.05, 0) is 38.3 Å². The molecule has 1 aromatic carbocycles. The molecule has 0 radical (unpaired) electrons. The third-order valence-corrected chi connectivity index (χ3v) is 4.30. The van der Waals surface area contributed by atoms with Crippen molar-refractivity contribution in [3.63, 3.8) is 0 Å². The first kappa shape index (κ1) is 14.2. The van der Waals surface area contributed by atoms with Crippen LogP contribution >= 0.6 is 11.3 Å². The molecule has 0 spiro atoms. The Hall–Kier alpha value is -1.19. The molecule has 1 N–H and O–H groups in total. The van der Waals surface area contributed by atoms with Crippen molar-refractivity contribution in [2.24, 2.45) is 0 Å². The summed E-state index contributed by atoms with van der Waals surface area (Å²) in [6.07, 6.45) is 1.10. The van der Waals surface area contributed by atoms with Gasteiger partial charge in [-0.25, -0.2) is 4.98 Å². The molecule has 3 heteroatoms. The number of nitrogens with one attached hydrogen (secondary N) is 1. The third kappa shape index (κ3) is 3.64. The number of benzene rings is 1. The van der Waals surface area contributed by atoms with Crippen molar-refractivity contribution in [1.29, 1.82) is 0 Å². The second-order valence-electron chi connectivity index (χ2n) is 4.95. The molecule has 0 bridgehead atoms. The van der Waals surface area contributed by atoms with E-state index >= 15 is 0 Å². The molecular weight excluding hydrogens is 252 g/mol. The molecule has 2 nitrogen and oxygen atoms in total. The van der Waals surface area contributed by atoms with Crippen LogP contribution in [0, 0.1) is 13.8 Å². The summed E-state index contributed by atoms with van der Waals surface area (Å²) >= 11 is 1.77. The first-order valence-electron chi connectivity index (χ1n) is 6.85. The lowest BCUT2D eigenvalue weighted by Gasteiger charge is -2.13. The molecule has 102 valence electrons. The van der Waals surface area contributed by atoms with Gasteiger partial charge in [0.15, 0.2) is 0 Å². The van der Waals surface area contributed by atoms with E-state index in [2.05, 4.69) is 62.3 Å². The molecule has 1 atom stereocenters. The number of rotatable bonds is 5. The van der Waals surface area contributed by atoms with Gasteiger partial charge >= 0.3 is 0 Å². The maximum atomic E-state index is 4.61. The zero-order valence-electron chi connectivity index (χ0n) is 12.2. The summed E-state index contributed by atoms with van der Waals surface area (Å²) in [5.74, 6) is 0. The van der Waals surface area contributed by atoms with Crippen LogP contribution in [0.4, 0.5) is 0 Å². The minimum absolute atomic E-state index is 0.302. The van der Waals surface area contributed by atoms with Crippen LogP contribution in [0.3, 0.4) is 0 Å². The summed E-state index contributed by atoms with van der Waals surface area (Å²) < 4.78 is 0. The molecule has 1 heterocycles. The normalized spacial score (nSPS) is 12.6. The van der Waals surface area contributed by atoms with Gasteiger partial charge in [-0.3, -0.25) is 0 Å². The molecule has 0 saturated heterocycles. The van der Waals surface area contributed by atoms with Gasteiger partial charge in [-0.15, -0.1) is 11.3 Å². The van der Waals surface area contributed by atoms with Crippen LogP contribution in [0.5, 0.6) is 0 Å². The highest BCUT2D eigenvalue weighted by Gasteiger charge is 2.12. The van der Waals surface area contributed by atoms with Crippen LogP contribution in [-0.4, -0.2) is 4.98 Å². The van der Waals surface area contributed by atoms with E-state index in [9.17, 15) is 0 Å². The molecule has 1 aromatic heterocycles. The fourth-order valence-corrected chi connectivity index (χ4v) is 3.12. The Balaban J connectivity index is 1.96. The maximum Gasteiger partial charge on any atom is 0.0900 e. The minimum Gasteiger partial charge on any atom is -0.305 e. The maximum absolute atomic E-state index is 4.61. The minimum atomic E-state index is 0.302. The Kier molecular flexibility index (Phi) is 4.72. The van der Waals surface area contributed by atoms with E-state index in [0.717, 1.165) is 18.0 Å². The summed E-state index contributed by atoms with van der Waals surface area (Å²) in [6, 6.07) is 9.13. The first-order chi connectivity index (χ1) is 9.10. The fourth-order valence-electron chi connectivity index (χ4n) is 2.21. The van der Waals surface area contributed by atoms with Gasteiger partial charge in [0.1, 0.15) is 0 Å². The fraction of sp³-hybridized carbons (Fsp3) is 0.438.